The van der Waals surface area contributed by atoms with Crippen LogP contribution in [0.15, 0.2) is 30.5 Å². The average molecular weight is 391 g/mol. The maximum Gasteiger partial charge on any atom is 0.220 e. The largest absolute Gasteiger partial charge is 0.349 e. The van der Waals surface area contributed by atoms with E-state index in [0.29, 0.717) is 12.8 Å². The van der Waals surface area contributed by atoms with Crippen molar-refractivity contribution in [1.29, 1.82) is 0 Å². The van der Waals surface area contributed by atoms with Gasteiger partial charge in [0, 0.05) is 23.5 Å². The van der Waals surface area contributed by atoms with E-state index in [0.717, 1.165) is 36.0 Å². The highest BCUT2D eigenvalue weighted by Gasteiger charge is 2.22. The first-order chi connectivity index (χ1) is 14.0. The molecular formula is C24H30N4O. The highest BCUT2D eigenvalue weighted by Crippen LogP contribution is 2.30. The molecule has 0 aliphatic heterocycles. The monoisotopic (exact) mass is 390 g/mol. The van der Waals surface area contributed by atoms with Gasteiger partial charge in [-0.3, -0.25) is 4.79 Å². The molecule has 1 amide bonds. The lowest BCUT2D eigenvalue weighted by atomic mass is 9.87. The van der Waals surface area contributed by atoms with Gasteiger partial charge in [-0.05, 0) is 75.6 Å². The molecule has 0 saturated carbocycles. The van der Waals surface area contributed by atoms with Crippen LogP contribution >= 0.6 is 0 Å². The highest BCUT2D eigenvalue weighted by molar-refractivity contribution is 5.81. The minimum Gasteiger partial charge on any atom is -0.349 e. The number of nitrogens with one attached hydrogen (secondary N) is 1. The number of aryl methyl sites for hydroxylation is 3. The number of fused-ring (bicyclic) bond motifs is 2. The zero-order valence-electron chi connectivity index (χ0n) is 17.8. The molecule has 5 heteroatoms. The zero-order valence-corrected chi connectivity index (χ0v) is 17.8. The standard InChI is InChI=1S/C24H30N4O/c1-15(2)28-24-21(14-25-28)16(3)19(17(4)26-24)12-13-23(29)27-22-11-7-9-18-8-5-6-10-20(18)22/h5-6,8,10,14-15,22H,7,9,11-13H2,1-4H3,(H,27,29)/t22-/m1/s1. The Balaban J connectivity index is 1.48. The van der Waals surface area contributed by atoms with Gasteiger partial charge < -0.3 is 5.32 Å². The Morgan fingerprint density at radius 3 is 2.86 bits per heavy atom. The molecule has 0 fully saturated rings. The zero-order chi connectivity index (χ0) is 20.5. The lowest BCUT2D eigenvalue weighted by Gasteiger charge is -2.26. The van der Waals surface area contributed by atoms with Crippen molar-refractivity contribution < 1.29 is 4.79 Å². The molecule has 1 aliphatic rings. The second-order valence-corrected chi connectivity index (χ2v) is 8.43. The molecule has 1 aromatic carbocycles. The van der Waals surface area contributed by atoms with E-state index in [4.69, 9.17) is 4.98 Å². The Morgan fingerprint density at radius 2 is 2.07 bits per heavy atom. The molecule has 0 radical (unpaired) electrons. The first kappa shape index (κ1) is 19.6. The third-order valence-electron chi connectivity index (χ3n) is 6.13. The van der Waals surface area contributed by atoms with E-state index in [2.05, 4.69) is 55.5 Å². The second kappa shape index (κ2) is 7.97. The quantitative estimate of drug-likeness (QED) is 0.683. The minimum absolute atomic E-state index is 0.114. The summed E-state index contributed by atoms with van der Waals surface area (Å²) in [5.74, 6) is 0.114. The van der Waals surface area contributed by atoms with Gasteiger partial charge in [0.1, 0.15) is 0 Å². The first-order valence-corrected chi connectivity index (χ1v) is 10.7. The number of carbonyl (C=O) groups excluding carboxylic acids is 1. The van der Waals surface area contributed by atoms with Gasteiger partial charge in [0.15, 0.2) is 5.65 Å². The molecule has 2 heterocycles. The Morgan fingerprint density at radius 1 is 1.28 bits per heavy atom. The van der Waals surface area contributed by atoms with Crippen LogP contribution in [0.2, 0.25) is 0 Å². The summed E-state index contributed by atoms with van der Waals surface area (Å²) in [6.45, 7) is 8.38. The van der Waals surface area contributed by atoms with Crippen LogP contribution in [-0.2, 0) is 17.6 Å². The maximum absolute atomic E-state index is 12.7. The predicted octanol–water partition coefficient (Wildman–Crippen LogP) is 4.76. The van der Waals surface area contributed by atoms with Crippen LogP contribution in [-0.4, -0.2) is 20.7 Å². The number of aromatic nitrogens is 3. The molecule has 0 spiro atoms. The smallest absolute Gasteiger partial charge is 0.220 e. The predicted molar refractivity (Wildman–Crippen MR) is 116 cm³/mol. The van der Waals surface area contributed by atoms with Crippen molar-refractivity contribution in [2.75, 3.05) is 0 Å². The van der Waals surface area contributed by atoms with E-state index in [1.54, 1.807) is 0 Å². The Labute approximate surface area is 172 Å². The number of amides is 1. The molecule has 29 heavy (non-hydrogen) atoms. The molecule has 152 valence electrons. The topological polar surface area (TPSA) is 59.8 Å². The van der Waals surface area contributed by atoms with Crippen molar-refractivity contribution in [3.05, 3.63) is 58.4 Å². The van der Waals surface area contributed by atoms with Crippen LogP contribution in [0.1, 0.15) is 73.1 Å². The molecule has 2 aromatic heterocycles. The summed E-state index contributed by atoms with van der Waals surface area (Å²) in [6.07, 6.45) is 6.33. The first-order valence-electron chi connectivity index (χ1n) is 10.7. The maximum atomic E-state index is 12.7. The summed E-state index contributed by atoms with van der Waals surface area (Å²) in [5.41, 5.74) is 6.93. The fourth-order valence-corrected chi connectivity index (χ4v) is 4.55. The van der Waals surface area contributed by atoms with E-state index < -0.39 is 0 Å². The van der Waals surface area contributed by atoms with Crippen LogP contribution in [0.25, 0.3) is 11.0 Å². The van der Waals surface area contributed by atoms with Crippen molar-refractivity contribution in [3.63, 3.8) is 0 Å². The van der Waals surface area contributed by atoms with Gasteiger partial charge in [-0.15, -0.1) is 0 Å². The summed E-state index contributed by atoms with van der Waals surface area (Å²) in [5, 5.41) is 8.86. The highest BCUT2D eigenvalue weighted by atomic mass is 16.1. The second-order valence-electron chi connectivity index (χ2n) is 8.43. The molecule has 1 atom stereocenters. The van der Waals surface area contributed by atoms with Gasteiger partial charge in [0.05, 0.1) is 12.2 Å². The van der Waals surface area contributed by atoms with Gasteiger partial charge in [0.2, 0.25) is 5.91 Å². The van der Waals surface area contributed by atoms with Crippen LogP contribution < -0.4 is 5.32 Å². The fraction of sp³-hybridized carbons (Fsp3) is 0.458. The summed E-state index contributed by atoms with van der Waals surface area (Å²) in [6, 6.07) is 8.89. The van der Waals surface area contributed by atoms with E-state index in [1.165, 1.54) is 22.3 Å². The molecule has 1 aliphatic carbocycles. The minimum atomic E-state index is 0.114. The van der Waals surface area contributed by atoms with Crippen LogP contribution in [0.3, 0.4) is 0 Å². The molecule has 0 unspecified atom stereocenters. The number of benzene rings is 1. The Bertz CT molecular complexity index is 1050. The SMILES string of the molecule is Cc1nc2c(cnn2C(C)C)c(C)c1CCC(=O)N[C@@H]1CCCc2ccccc21. The van der Waals surface area contributed by atoms with E-state index >= 15 is 0 Å². The Kier molecular flexibility index (Phi) is 5.39. The van der Waals surface area contributed by atoms with Crippen molar-refractivity contribution in [1.82, 2.24) is 20.1 Å². The molecule has 1 N–H and O–H groups in total. The number of pyridine rings is 1. The van der Waals surface area contributed by atoms with Crippen LogP contribution in [0.4, 0.5) is 0 Å². The number of nitrogens with zero attached hydrogens (tertiary/aromatic N) is 3. The fourth-order valence-electron chi connectivity index (χ4n) is 4.55. The molecule has 0 saturated heterocycles. The summed E-state index contributed by atoms with van der Waals surface area (Å²) in [4.78, 5) is 17.5. The van der Waals surface area contributed by atoms with E-state index in [1.807, 2.05) is 17.8 Å². The number of hydrogen-bond acceptors (Lipinski definition) is 3. The van der Waals surface area contributed by atoms with E-state index in [9.17, 15) is 4.79 Å². The van der Waals surface area contributed by atoms with Crippen molar-refractivity contribution in [2.24, 2.45) is 0 Å². The normalized spacial score (nSPS) is 16.2. The van der Waals surface area contributed by atoms with Gasteiger partial charge in [-0.25, -0.2) is 9.67 Å². The number of rotatable bonds is 5. The van der Waals surface area contributed by atoms with Crippen molar-refractivity contribution in [2.45, 2.75) is 71.9 Å². The Hall–Kier alpha value is -2.69. The average Bonchev–Trinajstić information content (AvgIpc) is 3.12. The van der Waals surface area contributed by atoms with Gasteiger partial charge in [-0.2, -0.15) is 5.10 Å². The summed E-state index contributed by atoms with van der Waals surface area (Å²) in [7, 11) is 0. The lowest BCUT2D eigenvalue weighted by molar-refractivity contribution is -0.121. The summed E-state index contributed by atoms with van der Waals surface area (Å²) < 4.78 is 1.96. The van der Waals surface area contributed by atoms with Crippen LogP contribution in [0.5, 0.6) is 0 Å². The molecule has 3 aromatic rings. The summed E-state index contributed by atoms with van der Waals surface area (Å²) >= 11 is 0. The molecule has 4 rings (SSSR count). The third-order valence-corrected chi connectivity index (χ3v) is 6.13. The third kappa shape index (κ3) is 3.78. The van der Waals surface area contributed by atoms with Gasteiger partial charge in [0.25, 0.3) is 0 Å². The van der Waals surface area contributed by atoms with Gasteiger partial charge in [-0.1, -0.05) is 24.3 Å². The molecule has 0 bridgehead atoms. The number of hydrogen-bond donors (Lipinski definition) is 1. The van der Waals surface area contributed by atoms with E-state index in [-0.39, 0.29) is 18.0 Å². The molecule has 5 nitrogen and oxygen atoms in total. The molecular weight excluding hydrogens is 360 g/mol. The van der Waals surface area contributed by atoms with Gasteiger partial charge >= 0.3 is 0 Å². The lowest BCUT2D eigenvalue weighted by Crippen LogP contribution is -2.31. The van der Waals surface area contributed by atoms with Crippen LogP contribution in [0, 0.1) is 13.8 Å². The van der Waals surface area contributed by atoms with Crippen molar-refractivity contribution in [3.8, 4) is 0 Å². The van der Waals surface area contributed by atoms with Crippen molar-refractivity contribution >= 4 is 16.9 Å². The number of carbonyl (C=O) groups is 1.